The highest BCUT2D eigenvalue weighted by Crippen LogP contribution is 2.31. The van der Waals surface area contributed by atoms with Crippen LogP contribution >= 0.6 is 43.5 Å². The lowest BCUT2D eigenvalue weighted by Crippen LogP contribution is -2.12. The van der Waals surface area contributed by atoms with Gasteiger partial charge in [0.15, 0.2) is 0 Å². The van der Waals surface area contributed by atoms with Crippen LogP contribution in [0, 0.1) is 0 Å². The quantitative estimate of drug-likeness (QED) is 0.379. The van der Waals surface area contributed by atoms with Gasteiger partial charge >= 0.3 is 0 Å². The van der Waals surface area contributed by atoms with Crippen molar-refractivity contribution in [3.05, 3.63) is 103 Å². The fourth-order valence-electron chi connectivity index (χ4n) is 2.91. The lowest BCUT2D eigenvalue weighted by Gasteiger charge is -2.11. The second-order valence-corrected chi connectivity index (χ2v) is 8.40. The molecule has 0 unspecified atom stereocenters. The maximum absolute atomic E-state index is 12.9. The van der Waals surface area contributed by atoms with Gasteiger partial charge in [-0.15, -0.1) is 0 Å². The minimum Gasteiger partial charge on any atom is -0.320 e. The standard InChI is InChI=1S/C22H13Br2ClN2O/c23-14-7-5-13(6-8-14)11-20-22(28)27-19-10-9-15(24)12-17(19)21(26-20)16-3-1-2-4-18(16)25/h1-12H,(H,27,28)/b20-11-. The van der Waals surface area contributed by atoms with Crippen molar-refractivity contribution in [2.24, 2.45) is 4.99 Å². The molecule has 4 rings (SSSR count). The van der Waals surface area contributed by atoms with E-state index in [4.69, 9.17) is 16.6 Å². The zero-order valence-corrected chi connectivity index (χ0v) is 18.3. The first-order valence-electron chi connectivity index (χ1n) is 8.43. The van der Waals surface area contributed by atoms with Crippen molar-refractivity contribution in [2.75, 3.05) is 5.32 Å². The van der Waals surface area contributed by atoms with E-state index in [1.165, 1.54) is 0 Å². The number of carbonyl (C=O) groups is 1. The summed E-state index contributed by atoms with van der Waals surface area (Å²) in [5.74, 6) is -0.270. The normalized spacial score (nSPS) is 14.9. The third-order valence-electron chi connectivity index (χ3n) is 4.25. The summed E-state index contributed by atoms with van der Waals surface area (Å²) in [7, 11) is 0. The van der Waals surface area contributed by atoms with Gasteiger partial charge in [-0.2, -0.15) is 0 Å². The molecule has 1 heterocycles. The molecule has 0 bridgehead atoms. The fraction of sp³-hybridized carbons (Fsp3) is 0. The summed E-state index contributed by atoms with van der Waals surface area (Å²) in [5.41, 5.74) is 4.08. The van der Waals surface area contributed by atoms with E-state index in [0.29, 0.717) is 22.1 Å². The molecule has 1 N–H and O–H groups in total. The van der Waals surface area contributed by atoms with Gasteiger partial charge in [0.05, 0.1) is 11.4 Å². The Labute approximate surface area is 184 Å². The van der Waals surface area contributed by atoms with Crippen LogP contribution in [0.15, 0.2) is 86.4 Å². The molecule has 0 radical (unpaired) electrons. The molecule has 1 aliphatic heterocycles. The molecular formula is C22H13Br2ClN2O. The number of rotatable bonds is 2. The van der Waals surface area contributed by atoms with Gasteiger partial charge in [-0.1, -0.05) is 73.8 Å². The number of amides is 1. The van der Waals surface area contributed by atoms with Crippen LogP contribution in [0.25, 0.3) is 6.08 Å². The SMILES string of the molecule is O=C1Nc2ccc(Br)cc2C(c2ccccc2Cl)=N/C1=C\c1ccc(Br)cc1. The average molecular weight is 517 g/mol. The summed E-state index contributed by atoms with van der Waals surface area (Å²) in [6.07, 6.45) is 1.76. The number of benzodiazepines with no additional fused rings is 1. The molecule has 3 aromatic carbocycles. The van der Waals surface area contributed by atoms with Gasteiger partial charge in [0.1, 0.15) is 5.70 Å². The highest BCUT2D eigenvalue weighted by Gasteiger charge is 2.23. The van der Waals surface area contributed by atoms with Crippen LogP contribution in [0.1, 0.15) is 16.7 Å². The second kappa shape index (κ2) is 8.03. The monoisotopic (exact) mass is 514 g/mol. The van der Waals surface area contributed by atoms with E-state index in [1.54, 1.807) is 6.08 Å². The molecule has 3 nitrogen and oxygen atoms in total. The number of aliphatic imine (C=N–C) groups is 1. The van der Waals surface area contributed by atoms with E-state index in [0.717, 1.165) is 25.6 Å². The highest BCUT2D eigenvalue weighted by atomic mass is 79.9. The molecule has 0 spiro atoms. The van der Waals surface area contributed by atoms with E-state index in [1.807, 2.05) is 66.7 Å². The van der Waals surface area contributed by atoms with E-state index in [9.17, 15) is 4.79 Å². The predicted octanol–water partition coefficient (Wildman–Crippen LogP) is 6.70. The Balaban J connectivity index is 1.94. The molecule has 6 heteroatoms. The second-order valence-electron chi connectivity index (χ2n) is 6.17. The summed E-state index contributed by atoms with van der Waals surface area (Å²) >= 11 is 13.4. The Morgan fingerprint density at radius 1 is 0.893 bits per heavy atom. The van der Waals surface area contributed by atoms with Crippen LogP contribution in [0.5, 0.6) is 0 Å². The van der Waals surface area contributed by atoms with E-state index < -0.39 is 0 Å². The van der Waals surface area contributed by atoms with Gasteiger partial charge in [-0.3, -0.25) is 4.79 Å². The smallest absolute Gasteiger partial charge is 0.274 e. The molecule has 138 valence electrons. The zero-order chi connectivity index (χ0) is 19.7. The zero-order valence-electron chi connectivity index (χ0n) is 14.4. The number of hydrogen-bond donors (Lipinski definition) is 1. The molecule has 28 heavy (non-hydrogen) atoms. The fourth-order valence-corrected chi connectivity index (χ4v) is 3.76. The summed E-state index contributed by atoms with van der Waals surface area (Å²) in [4.78, 5) is 17.6. The Morgan fingerprint density at radius 3 is 2.36 bits per heavy atom. The Bertz CT molecular complexity index is 1140. The molecule has 3 aromatic rings. The minimum absolute atomic E-state index is 0.270. The van der Waals surface area contributed by atoms with E-state index in [2.05, 4.69) is 37.2 Å². The molecule has 1 aliphatic rings. The Morgan fingerprint density at radius 2 is 1.61 bits per heavy atom. The van der Waals surface area contributed by atoms with Gasteiger partial charge in [0, 0.05) is 25.1 Å². The van der Waals surface area contributed by atoms with E-state index >= 15 is 0 Å². The summed E-state index contributed by atoms with van der Waals surface area (Å²) in [5, 5.41) is 3.53. The number of fused-ring (bicyclic) bond motifs is 1. The topological polar surface area (TPSA) is 41.5 Å². The molecule has 1 amide bonds. The molecular weight excluding hydrogens is 504 g/mol. The summed E-state index contributed by atoms with van der Waals surface area (Å²) in [6, 6.07) is 20.8. The van der Waals surface area contributed by atoms with Crippen molar-refractivity contribution in [1.29, 1.82) is 0 Å². The first kappa shape index (κ1) is 19.1. The number of carbonyl (C=O) groups excluding carboxylic acids is 1. The maximum atomic E-state index is 12.9. The first-order valence-corrected chi connectivity index (χ1v) is 10.4. The highest BCUT2D eigenvalue weighted by molar-refractivity contribution is 9.10. The van der Waals surface area contributed by atoms with Crippen LogP contribution in [0.4, 0.5) is 5.69 Å². The molecule has 0 aromatic heterocycles. The molecule has 0 aliphatic carbocycles. The number of anilines is 1. The first-order chi connectivity index (χ1) is 13.5. The van der Waals surface area contributed by atoms with Crippen molar-refractivity contribution in [1.82, 2.24) is 0 Å². The summed E-state index contributed by atoms with van der Waals surface area (Å²) < 4.78 is 1.86. The van der Waals surface area contributed by atoms with Crippen LogP contribution in [0.3, 0.4) is 0 Å². The Kier molecular flexibility index (Phi) is 5.49. The van der Waals surface area contributed by atoms with Crippen LogP contribution in [0.2, 0.25) is 5.02 Å². The molecule has 0 fully saturated rings. The van der Waals surface area contributed by atoms with E-state index in [-0.39, 0.29) is 5.91 Å². The van der Waals surface area contributed by atoms with Crippen molar-refractivity contribution in [3.63, 3.8) is 0 Å². The largest absolute Gasteiger partial charge is 0.320 e. The van der Waals surface area contributed by atoms with Gasteiger partial charge in [0.25, 0.3) is 5.91 Å². The van der Waals surface area contributed by atoms with Crippen LogP contribution < -0.4 is 5.32 Å². The number of halogens is 3. The molecule has 0 saturated carbocycles. The van der Waals surface area contributed by atoms with Crippen molar-refractivity contribution in [3.8, 4) is 0 Å². The lowest BCUT2D eigenvalue weighted by molar-refractivity contribution is -0.112. The van der Waals surface area contributed by atoms with Crippen LogP contribution in [-0.2, 0) is 4.79 Å². The van der Waals surface area contributed by atoms with Crippen LogP contribution in [-0.4, -0.2) is 11.6 Å². The minimum atomic E-state index is -0.270. The number of hydrogen-bond acceptors (Lipinski definition) is 2. The Hall–Kier alpha value is -2.21. The predicted molar refractivity (Wildman–Crippen MR) is 122 cm³/mol. The van der Waals surface area contributed by atoms with Gasteiger partial charge in [-0.25, -0.2) is 4.99 Å². The maximum Gasteiger partial charge on any atom is 0.274 e. The molecule has 0 atom stereocenters. The van der Waals surface area contributed by atoms with Crippen molar-refractivity contribution in [2.45, 2.75) is 0 Å². The third-order valence-corrected chi connectivity index (χ3v) is 5.60. The average Bonchev–Trinajstić information content (AvgIpc) is 2.81. The lowest BCUT2D eigenvalue weighted by atomic mass is 10.0. The summed E-state index contributed by atoms with van der Waals surface area (Å²) in [6.45, 7) is 0. The number of nitrogens with zero attached hydrogens (tertiary/aromatic N) is 1. The number of benzene rings is 3. The molecule has 0 saturated heterocycles. The van der Waals surface area contributed by atoms with Gasteiger partial charge in [-0.05, 0) is 48.0 Å². The number of nitrogens with one attached hydrogen (secondary N) is 1. The van der Waals surface area contributed by atoms with Crippen molar-refractivity contribution < 1.29 is 4.79 Å². The van der Waals surface area contributed by atoms with Gasteiger partial charge < -0.3 is 5.32 Å². The van der Waals surface area contributed by atoms with Gasteiger partial charge in [0.2, 0.25) is 0 Å². The third kappa shape index (κ3) is 3.97. The van der Waals surface area contributed by atoms with Crippen molar-refractivity contribution >= 4 is 66.8 Å².